The second-order valence-corrected chi connectivity index (χ2v) is 5.14. The first-order chi connectivity index (χ1) is 6.79. The van der Waals surface area contributed by atoms with E-state index in [-0.39, 0.29) is 6.61 Å². The van der Waals surface area contributed by atoms with Gasteiger partial charge in [0.15, 0.2) is 5.82 Å². The van der Waals surface area contributed by atoms with Crippen molar-refractivity contribution in [1.29, 1.82) is 0 Å². The van der Waals surface area contributed by atoms with E-state index in [2.05, 4.69) is 25.9 Å². The zero-order chi connectivity index (χ0) is 9.97. The van der Waals surface area contributed by atoms with Gasteiger partial charge >= 0.3 is 0 Å². The molecule has 2 aromatic rings. The molecular formula is C9H7BrN2OS. The molecule has 0 aliphatic rings. The number of hydrogen-bond acceptors (Lipinski definition) is 4. The zero-order valence-electron chi connectivity index (χ0n) is 7.14. The van der Waals surface area contributed by atoms with Crippen molar-refractivity contribution in [1.82, 2.24) is 9.97 Å². The molecular weight excluding hydrogens is 264 g/mol. The van der Waals surface area contributed by atoms with Crippen LogP contribution >= 0.6 is 27.3 Å². The highest BCUT2D eigenvalue weighted by Gasteiger charge is 2.03. The third-order valence-corrected chi connectivity index (χ3v) is 3.30. The Morgan fingerprint density at radius 3 is 2.50 bits per heavy atom. The van der Waals surface area contributed by atoms with Gasteiger partial charge in [0, 0.05) is 18.0 Å². The van der Waals surface area contributed by atoms with E-state index in [9.17, 15) is 0 Å². The molecule has 0 fully saturated rings. The number of rotatable bonds is 2. The fraction of sp³-hybridized carbons (Fsp3) is 0.111. The van der Waals surface area contributed by atoms with Gasteiger partial charge in [0.25, 0.3) is 0 Å². The van der Waals surface area contributed by atoms with Gasteiger partial charge in [-0.15, -0.1) is 11.3 Å². The fourth-order valence-corrected chi connectivity index (χ4v) is 2.33. The van der Waals surface area contributed by atoms with Gasteiger partial charge in [0.1, 0.15) is 0 Å². The van der Waals surface area contributed by atoms with Gasteiger partial charge in [-0.3, -0.25) is 0 Å². The quantitative estimate of drug-likeness (QED) is 0.912. The third kappa shape index (κ3) is 2.00. The molecule has 2 aromatic heterocycles. The van der Waals surface area contributed by atoms with Crippen LogP contribution in [0.5, 0.6) is 0 Å². The first kappa shape index (κ1) is 9.76. The Bertz CT molecular complexity index is 427. The van der Waals surface area contributed by atoms with Crippen molar-refractivity contribution < 1.29 is 5.11 Å². The molecule has 72 valence electrons. The SMILES string of the molecule is OCc1cnc(-c2ccc(Br)s2)nc1. The molecule has 0 aliphatic heterocycles. The summed E-state index contributed by atoms with van der Waals surface area (Å²) in [6, 6.07) is 3.92. The molecule has 0 saturated heterocycles. The molecule has 0 aromatic carbocycles. The lowest BCUT2D eigenvalue weighted by molar-refractivity contribution is 0.281. The highest BCUT2D eigenvalue weighted by atomic mass is 79.9. The van der Waals surface area contributed by atoms with Crippen LogP contribution in [0.4, 0.5) is 0 Å². The first-order valence-corrected chi connectivity index (χ1v) is 5.58. The number of aliphatic hydroxyl groups excluding tert-OH is 1. The lowest BCUT2D eigenvalue weighted by Crippen LogP contribution is -1.90. The van der Waals surface area contributed by atoms with Crippen LogP contribution in [0.3, 0.4) is 0 Å². The van der Waals surface area contributed by atoms with Gasteiger partial charge in [0.05, 0.1) is 15.3 Å². The third-order valence-electron chi connectivity index (χ3n) is 1.68. The molecule has 0 unspecified atom stereocenters. The van der Waals surface area contributed by atoms with E-state index in [0.29, 0.717) is 5.82 Å². The molecule has 3 nitrogen and oxygen atoms in total. The lowest BCUT2D eigenvalue weighted by Gasteiger charge is -1.96. The van der Waals surface area contributed by atoms with Crippen LogP contribution in [0.25, 0.3) is 10.7 Å². The Morgan fingerprint density at radius 2 is 2.00 bits per heavy atom. The van der Waals surface area contributed by atoms with Crippen molar-refractivity contribution in [2.45, 2.75) is 6.61 Å². The van der Waals surface area contributed by atoms with Crippen molar-refractivity contribution in [3.8, 4) is 10.7 Å². The van der Waals surface area contributed by atoms with E-state index in [4.69, 9.17) is 5.11 Å². The molecule has 0 aliphatic carbocycles. The molecule has 0 bridgehead atoms. The van der Waals surface area contributed by atoms with Gasteiger partial charge in [-0.05, 0) is 28.1 Å². The zero-order valence-corrected chi connectivity index (χ0v) is 9.55. The van der Waals surface area contributed by atoms with Crippen LogP contribution in [0, 0.1) is 0 Å². The highest BCUT2D eigenvalue weighted by molar-refractivity contribution is 9.11. The molecule has 5 heteroatoms. The van der Waals surface area contributed by atoms with Crippen LogP contribution in [0.1, 0.15) is 5.56 Å². The summed E-state index contributed by atoms with van der Waals surface area (Å²) in [5, 5.41) is 8.82. The van der Waals surface area contributed by atoms with Crippen LogP contribution in [-0.2, 0) is 6.61 Å². The number of thiophene rings is 1. The van der Waals surface area contributed by atoms with E-state index in [1.165, 1.54) is 0 Å². The van der Waals surface area contributed by atoms with Crippen molar-refractivity contribution in [2.75, 3.05) is 0 Å². The maximum Gasteiger partial charge on any atom is 0.169 e. The predicted octanol–water partition coefficient (Wildman–Crippen LogP) is 2.46. The second kappa shape index (κ2) is 4.16. The summed E-state index contributed by atoms with van der Waals surface area (Å²) in [6.07, 6.45) is 3.27. The van der Waals surface area contributed by atoms with Crippen molar-refractivity contribution in [2.24, 2.45) is 0 Å². The van der Waals surface area contributed by atoms with Gasteiger partial charge in [0.2, 0.25) is 0 Å². The van der Waals surface area contributed by atoms with Crippen LogP contribution in [-0.4, -0.2) is 15.1 Å². The van der Waals surface area contributed by atoms with Gasteiger partial charge in [-0.2, -0.15) is 0 Å². The molecule has 14 heavy (non-hydrogen) atoms. The summed E-state index contributed by atoms with van der Waals surface area (Å²) >= 11 is 4.96. The first-order valence-electron chi connectivity index (χ1n) is 3.97. The summed E-state index contributed by atoms with van der Waals surface area (Å²) in [5.41, 5.74) is 0.726. The summed E-state index contributed by atoms with van der Waals surface area (Å²) in [7, 11) is 0. The van der Waals surface area contributed by atoms with E-state index < -0.39 is 0 Å². The standard InChI is InChI=1S/C9H7BrN2OS/c10-8-2-1-7(14-8)9-11-3-6(5-13)4-12-9/h1-4,13H,5H2. The molecule has 2 rings (SSSR count). The predicted molar refractivity (Wildman–Crippen MR) is 59.0 cm³/mol. The van der Waals surface area contributed by atoms with Crippen LogP contribution in [0.2, 0.25) is 0 Å². The topological polar surface area (TPSA) is 46.0 Å². The summed E-state index contributed by atoms with van der Waals surface area (Å²) in [4.78, 5) is 9.32. The second-order valence-electron chi connectivity index (χ2n) is 2.68. The largest absolute Gasteiger partial charge is 0.392 e. The van der Waals surface area contributed by atoms with E-state index in [1.807, 2.05) is 12.1 Å². The monoisotopic (exact) mass is 270 g/mol. The Kier molecular flexibility index (Phi) is 2.90. The Labute approximate surface area is 93.6 Å². The smallest absolute Gasteiger partial charge is 0.169 e. The number of halogens is 1. The highest BCUT2D eigenvalue weighted by Crippen LogP contribution is 2.28. The van der Waals surface area contributed by atoms with Crippen LogP contribution in [0.15, 0.2) is 28.3 Å². The van der Waals surface area contributed by atoms with Crippen LogP contribution < -0.4 is 0 Å². The number of aromatic nitrogens is 2. The average molecular weight is 271 g/mol. The number of hydrogen-bond donors (Lipinski definition) is 1. The van der Waals surface area contributed by atoms with Crippen molar-refractivity contribution in [3.05, 3.63) is 33.9 Å². The number of aliphatic hydroxyl groups is 1. The summed E-state index contributed by atoms with van der Waals surface area (Å²) < 4.78 is 1.06. The minimum absolute atomic E-state index is 0.0194. The molecule has 1 N–H and O–H groups in total. The Balaban J connectivity index is 2.33. The Morgan fingerprint density at radius 1 is 1.29 bits per heavy atom. The van der Waals surface area contributed by atoms with E-state index in [1.54, 1.807) is 23.7 Å². The Hall–Kier alpha value is -0.780. The minimum atomic E-state index is -0.0194. The normalized spacial score (nSPS) is 10.4. The summed E-state index contributed by atoms with van der Waals surface area (Å²) in [5.74, 6) is 0.693. The maximum absolute atomic E-state index is 8.82. The van der Waals surface area contributed by atoms with Gasteiger partial charge in [-0.25, -0.2) is 9.97 Å². The van der Waals surface area contributed by atoms with Crippen molar-refractivity contribution >= 4 is 27.3 Å². The lowest BCUT2D eigenvalue weighted by atomic mass is 10.3. The van der Waals surface area contributed by atoms with E-state index >= 15 is 0 Å². The minimum Gasteiger partial charge on any atom is -0.392 e. The summed E-state index contributed by atoms with van der Waals surface area (Å²) in [6.45, 7) is -0.0194. The maximum atomic E-state index is 8.82. The van der Waals surface area contributed by atoms with Gasteiger partial charge < -0.3 is 5.11 Å². The van der Waals surface area contributed by atoms with Crippen molar-refractivity contribution in [3.63, 3.8) is 0 Å². The molecule has 2 heterocycles. The molecule has 0 saturated carbocycles. The van der Waals surface area contributed by atoms with Gasteiger partial charge in [-0.1, -0.05) is 0 Å². The molecule has 0 atom stereocenters. The molecule has 0 radical (unpaired) electrons. The fourth-order valence-electron chi connectivity index (χ4n) is 0.998. The average Bonchev–Trinajstić information content (AvgIpc) is 2.65. The van der Waals surface area contributed by atoms with E-state index in [0.717, 1.165) is 14.2 Å². The number of nitrogens with zero attached hydrogens (tertiary/aromatic N) is 2. The molecule has 0 spiro atoms. The molecule has 0 amide bonds.